The van der Waals surface area contributed by atoms with Gasteiger partial charge in [-0.3, -0.25) is 14.9 Å². The van der Waals surface area contributed by atoms with Crippen LogP contribution in [0.15, 0.2) is 18.2 Å². The Kier molecular flexibility index (Phi) is 6.67. The number of hydrogen-bond acceptors (Lipinski definition) is 5. The Labute approximate surface area is 136 Å². The smallest absolute Gasteiger partial charge is 0.382 e. The number of aryl methyl sites for hydroxylation is 1. The number of anilines is 1. The number of non-ortho nitro benzene ring substituents is 1. The maximum Gasteiger partial charge on any atom is 0.415 e. The lowest BCUT2D eigenvalue weighted by molar-refractivity contribution is -0.384. The number of carbonyl (C=O) groups is 1. The number of alkyl halides is 3. The molecule has 10 heteroatoms. The van der Waals surface area contributed by atoms with Gasteiger partial charge in [0.25, 0.3) is 5.69 Å². The van der Waals surface area contributed by atoms with Gasteiger partial charge in [-0.15, -0.1) is 0 Å². The first kappa shape index (κ1) is 19.8. The van der Waals surface area contributed by atoms with Crippen LogP contribution in [-0.2, 0) is 4.79 Å². The van der Waals surface area contributed by atoms with Crippen molar-refractivity contribution in [3.63, 3.8) is 0 Å². The zero-order valence-corrected chi connectivity index (χ0v) is 13.1. The van der Waals surface area contributed by atoms with Crippen molar-refractivity contribution in [1.82, 2.24) is 4.90 Å². The normalized spacial score (nSPS) is 13.0. The highest BCUT2D eigenvalue weighted by molar-refractivity contribution is 5.91. The van der Waals surface area contributed by atoms with Crippen LogP contribution in [0.1, 0.15) is 12.0 Å². The number of rotatable bonds is 7. The third-order valence-corrected chi connectivity index (χ3v) is 3.28. The van der Waals surface area contributed by atoms with Crippen LogP contribution in [-0.4, -0.2) is 53.3 Å². The molecule has 1 rings (SSSR count). The molecular weight excluding hydrogens is 331 g/mol. The summed E-state index contributed by atoms with van der Waals surface area (Å²) in [6.07, 6.45) is -7.26. The van der Waals surface area contributed by atoms with Crippen molar-refractivity contribution < 1.29 is 28.0 Å². The van der Waals surface area contributed by atoms with Crippen LogP contribution >= 0.6 is 0 Å². The number of amides is 1. The second-order valence-corrected chi connectivity index (χ2v) is 5.37. The van der Waals surface area contributed by atoms with Gasteiger partial charge in [0.1, 0.15) is 0 Å². The molecule has 7 nitrogen and oxygen atoms in total. The molecular formula is C14H18F3N3O4. The molecule has 0 aromatic heterocycles. The van der Waals surface area contributed by atoms with Crippen molar-refractivity contribution >= 4 is 17.3 Å². The highest BCUT2D eigenvalue weighted by atomic mass is 19.4. The van der Waals surface area contributed by atoms with Crippen molar-refractivity contribution in [2.45, 2.75) is 25.6 Å². The molecule has 0 aliphatic carbocycles. The van der Waals surface area contributed by atoms with Gasteiger partial charge < -0.3 is 15.3 Å². The van der Waals surface area contributed by atoms with Gasteiger partial charge in [0.15, 0.2) is 6.10 Å². The molecule has 134 valence electrons. The summed E-state index contributed by atoms with van der Waals surface area (Å²) in [6.45, 7) is 0.979. The Balaban J connectivity index is 2.51. The summed E-state index contributed by atoms with van der Waals surface area (Å²) in [6, 6.07) is 3.94. The van der Waals surface area contributed by atoms with E-state index in [-0.39, 0.29) is 18.7 Å². The summed E-state index contributed by atoms with van der Waals surface area (Å²) >= 11 is 0. The Morgan fingerprint density at radius 1 is 1.46 bits per heavy atom. The van der Waals surface area contributed by atoms with Gasteiger partial charge in [0, 0.05) is 37.3 Å². The lowest BCUT2D eigenvalue weighted by Crippen LogP contribution is -2.40. The minimum atomic E-state index is -4.70. The molecule has 24 heavy (non-hydrogen) atoms. The highest BCUT2D eigenvalue weighted by Crippen LogP contribution is 2.22. The molecule has 0 heterocycles. The summed E-state index contributed by atoms with van der Waals surface area (Å²) in [5.41, 5.74) is 0.786. The molecule has 1 unspecified atom stereocenters. The van der Waals surface area contributed by atoms with E-state index >= 15 is 0 Å². The lowest BCUT2D eigenvalue weighted by Gasteiger charge is -2.22. The number of nitro benzene ring substituents is 1. The number of nitro groups is 1. The predicted molar refractivity (Wildman–Crippen MR) is 80.6 cm³/mol. The fourth-order valence-electron chi connectivity index (χ4n) is 1.90. The highest BCUT2D eigenvalue weighted by Gasteiger charge is 2.38. The van der Waals surface area contributed by atoms with Crippen LogP contribution < -0.4 is 5.32 Å². The van der Waals surface area contributed by atoms with Gasteiger partial charge in [-0.05, 0) is 25.6 Å². The first-order chi connectivity index (χ1) is 11.0. The van der Waals surface area contributed by atoms with Gasteiger partial charge in [0.05, 0.1) is 4.92 Å². The van der Waals surface area contributed by atoms with Crippen molar-refractivity contribution in [2.75, 3.05) is 25.5 Å². The number of nitrogens with one attached hydrogen (secondary N) is 1. The largest absolute Gasteiger partial charge is 0.415 e. The topological polar surface area (TPSA) is 95.7 Å². The molecule has 1 aromatic rings. The Morgan fingerprint density at radius 2 is 2.08 bits per heavy atom. The fourth-order valence-corrected chi connectivity index (χ4v) is 1.90. The van der Waals surface area contributed by atoms with E-state index in [0.29, 0.717) is 11.3 Å². The summed E-state index contributed by atoms with van der Waals surface area (Å²) in [4.78, 5) is 23.1. The quantitative estimate of drug-likeness (QED) is 0.580. The fraction of sp³-hybridized carbons (Fsp3) is 0.500. The zero-order chi connectivity index (χ0) is 18.5. The summed E-state index contributed by atoms with van der Waals surface area (Å²) in [5, 5.41) is 22.1. The maximum atomic E-state index is 12.2. The average molecular weight is 349 g/mol. The Hall–Kier alpha value is -2.20. The summed E-state index contributed by atoms with van der Waals surface area (Å²) in [5.74, 6) is -0.444. The van der Waals surface area contributed by atoms with E-state index < -0.39 is 29.7 Å². The first-order valence-electron chi connectivity index (χ1n) is 6.99. The molecule has 1 aromatic carbocycles. The Morgan fingerprint density at radius 3 is 2.58 bits per heavy atom. The van der Waals surface area contributed by atoms with Crippen LogP contribution in [0.5, 0.6) is 0 Å². The monoisotopic (exact) mass is 349 g/mol. The third-order valence-electron chi connectivity index (χ3n) is 3.28. The van der Waals surface area contributed by atoms with E-state index in [0.717, 1.165) is 0 Å². The zero-order valence-electron chi connectivity index (χ0n) is 13.1. The van der Waals surface area contributed by atoms with E-state index in [1.807, 2.05) is 0 Å². The number of aliphatic hydroxyl groups is 1. The molecule has 0 fully saturated rings. The molecule has 0 aliphatic heterocycles. The second-order valence-electron chi connectivity index (χ2n) is 5.37. The molecule has 2 N–H and O–H groups in total. The average Bonchev–Trinajstić information content (AvgIpc) is 2.46. The number of carbonyl (C=O) groups excluding carboxylic acids is 1. The van der Waals surface area contributed by atoms with Gasteiger partial charge >= 0.3 is 6.18 Å². The molecule has 0 aliphatic rings. The minimum absolute atomic E-state index is 0.0189. The number of hydrogen-bond donors (Lipinski definition) is 2. The van der Waals surface area contributed by atoms with Crippen molar-refractivity contribution in [2.24, 2.45) is 0 Å². The standard InChI is InChI=1S/C14H18F3N3O4/c1-9-7-10(20(23)24)3-4-11(9)18-13(22)5-6-19(2)8-12(21)14(15,16)17/h3-4,7,12,21H,5-6,8H2,1-2H3,(H,18,22). The minimum Gasteiger partial charge on any atom is -0.382 e. The van der Waals surface area contributed by atoms with Crippen molar-refractivity contribution in [3.05, 3.63) is 33.9 Å². The number of aliphatic hydroxyl groups excluding tert-OH is 1. The van der Waals surface area contributed by atoms with Crippen LogP contribution in [0.2, 0.25) is 0 Å². The molecule has 0 saturated carbocycles. The molecule has 1 atom stereocenters. The molecule has 1 amide bonds. The van der Waals surface area contributed by atoms with E-state index in [9.17, 15) is 28.1 Å². The van der Waals surface area contributed by atoms with E-state index in [4.69, 9.17) is 5.11 Å². The van der Waals surface area contributed by atoms with Crippen LogP contribution in [0.4, 0.5) is 24.5 Å². The number of likely N-dealkylation sites (N-methyl/N-ethyl adjacent to an activating group) is 1. The number of benzene rings is 1. The van der Waals surface area contributed by atoms with Crippen LogP contribution in [0.3, 0.4) is 0 Å². The van der Waals surface area contributed by atoms with Gasteiger partial charge in [0.2, 0.25) is 5.91 Å². The Bertz CT molecular complexity index is 607. The van der Waals surface area contributed by atoms with E-state index in [1.54, 1.807) is 6.92 Å². The number of halogens is 3. The van der Waals surface area contributed by atoms with Crippen molar-refractivity contribution in [3.8, 4) is 0 Å². The van der Waals surface area contributed by atoms with E-state index in [2.05, 4.69) is 5.32 Å². The SMILES string of the molecule is Cc1cc([N+](=O)[O-])ccc1NC(=O)CCN(C)CC(O)C(F)(F)F. The summed E-state index contributed by atoms with van der Waals surface area (Å²) in [7, 11) is 1.36. The third kappa shape index (κ3) is 6.13. The molecule has 0 bridgehead atoms. The maximum absolute atomic E-state index is 12.2. The predicted octanol–water partition coefficient (Wildman–Crippen LogP) is 2.09. The number of nitrogens with zero attached hydrogens (tertiary/aromatic N) is 2. The lowest BCUT2D eigenvalue weighted by atomic mass is 10.1. The molecule has 0 spiro atoms. The van der Waals surface area contributed by atoms with Gasteiger partial charge in [-0.2, -0.15) is 13.2 Å². The first-order valence-corrected chi connectivity index (χ1v) is 6.99. The molecule has 0 radical (unpaired) electrons. The summed E-state index contributed by atoms with van der Waals surface area (Å²) < 4.78 is 36.7. The van der Waals surface area contributed by atoms with Gasteiger partial charge in [-0.25, -0.2) is 0 Å². The van der Waals surface area contributed by atoms with E-state index in [1.165, 1.54) is 30.1 Å². The van der Waals surface area contributed by atoms with Gasteiger partial charge in [-0.1, -0.05) is 0 Å². The van der Waals surface area contributed by atoms with Crippen LogP contribution in [0.25, 0.3) is 0 Å². The van der Waals surface area contributed by atoms with Crippen LogP contribution in [0, 0.1) is 17.0 Å². The molecule has 0 saturated heterocycles. The van der Waals surface area contributed by atoms with Crippen molar-refractivity contribution in [1.29, 1.82) is 0 Å². The second kappa shape index (κ2) is 8.06.